The minimum absolute atomic E-state index is 0.260. The van der Waals surface area contributed by atoms with E-state index in [4.69, 9.17) is 9.84 Å². The van der Waals surface area contributed by atoms with Crippen LogP contribution in [0.5, 0.6) is 0 Å². The zero-order valence-electron chi connectivity index (χ0n) is 9.65. The van der Waals surface area contributed by atoms with Crippen molar-refractivity contribution in [2.75, 3.05) is 25.2 Å². The molecule has 0 unspecified atom stereocenters. The summed E-state index contributed by atoms with van der Waals surface area (Å²) in [5.41, 5.74) is -0.662. The summed E-state index contributed by atoms with van der Waals surface area (Å²) in [5, 5.41) is 19.1. The van der Waals surface area contributed by atoms with Gasteiger partial charge in [-0.2, -0.15) is 11.8 Å². The second-order valence-electron chi connectivity index (χ2n) is 4.38. The molecule has 0 bridgehead atoms. The standard InChI is InChI=1S/C11H20O4S/c1-15-6-7-16-8-11(14)4-2-9(3-5-11)10(12)13/h9,14H,2-8H2,1H3,(H,12,13). The zero-order chi connectivity index (χ0) is 12.0. The molecule has 0 spiro atoms. The van der Waals surface area contributed by atoms with Gasteiger partial charge in [-0.1, -0.05) is 0 Å². The quantitative estimate of drug-likeness (QED) is 0.695. The molecular formula is C11H20O4S. The van der Waals surface area contributed by atoms with Crippen molar-refractivity contribution in [3.05, 3.63) is 0 Å². The first-order valence-corrected chi connectivity index (χ1v) is 6.75. The van der Waals surface area contributed by atoms with Crippen molar-refractivity contribution in [1.29, 1.82) is 0 Å². The van der Waals surface area contributed by atoms with E-state index in [1.54, 1.807) is 18.9 Å². The zero-order valence-corrected chi connectivity index (χ0v) is 10.5. The molecule has 1 aliphatic carbocycles. The lowest BCUT2D eigenvalue weighted by Crippen LogP contribution is -2.38. The first kappa shape index (κ1) is 13.8. The molecule has 16 heavy (non-hydrogen) atoms. The third-order valence-corrected chi connectivity index (χ3v) is 4.26. The molecule has 2 N–H and O–H groups in total. The van der Waals surface area contributed by atoms with Crippen molar-refractivity contribution >= 4 is 17.7 Å². The molecular weight excluding hydrogens is 228 g/mol. The number of hydrogen-bond donors (Lipinski definition) is 2. The summed E-state index contributed by atoms with van der Waals surface area (Å²) >= 11 is 1.67. The minimum atomic E-state index is -0.728. The molecule has 1 rings (SSSR count). The first-order valence-electron chi connectivity index (χ1n) is 5.59. The van der Waals surface area contributed by atoms with Crippen molar-refractivity contribution in [1.82, 2.24) is 0 Å². The molecule has 0 aliphatic heterocycles. The highest BCUT2D eigenvalue weighted by atomic mass is 32.2. The van der Waals surface area contributed by atoms with Crippen LogP contribution in [-0.4, -0.2) is 47.0 Å². The Balaban J connectivity index is 2.24. The molecule has 0 aromatic carbocycles. The fourth-order valence-electron chi connectivity index (χ4n) is 1.95. The van der Waals surface area contributed by atoms with Crippen LogP contribution in [0.3, 0.4) is 0 Å². The first-order chi connectivity index (χ1) is 7.57. The monoisotopic (exact) mass is 248 g/mol. The summed E-state index contributed by atoms with van der Waals surface area (Å²) < 4.78 is 4.93. The van der Waals surface area contributed by atoms with Crippen LogP contribution in [-0.2, 0) is 9.53 Å². The van der Waals surface area contributed by atoms with E-state index >= 15 is 0 Å². The molecule has 0 heterocycles. The normalized spacial score (nSPS) is 30.2. The smallest absolute Gasteiger partial charge is 0.306 e. The SMILES string of the molecule is COCCSCC1(O)CCC(C(=O)O)CC1. The number of thioether (sulfide) groups is 1. The highest BCUT2D eigenvalue weighted by molar-refractivity contribution is 7.99. The third kappa shape index (κ3) is 4.31. The molecule has 0 aromatic heterocycles. The molecule has 0 aromatic rings. The number of rotatable bonds is 6. The fraction of sp³-hybridized carbons (Fsp3) is 0.909. The molecule has 1 aliphatic rings. The molecule has 5 heteroatoms. The van der Waals surface area contributed by atoms with Crippen molar-refractivity contribution in [2.24, 2.45) is 5.92 Å². The molecule has 4 nitrogen and oxygen atoms in total. The maximum absolute atomic E-state index is 10.8. The van der Waals surface area contributed by atoms with Gasteiger partial charge in [0.1, 0.15) is 0 Å². The van der Waals surface area contributed by atoms with Gasteiger partial charge in [-0.25, -0.2) is 0 Å². The van der Waals surface area contributed by atoms with Gasteiger partial charge in [0.05, 0.1) is 18.1 Å². The molecule has 0 saturated heterocycles. The second kappa shape index (κ2) is 6.47. The molecule has 0 atom stereocenters. The third-order valence-electron chi connectivity index (χ3n) is 3.07. The van der Waals surface area contributed by atoms with Crippen LogP contribution in [0, 0.1) is 5.92 Å². The molecule has 1 saturated carbocycles. The Morgan fingerprint density at radius 1 is 1.50 bits per heavy atom. The second-order valence-corrected chi connectivity index (χ2v) is 5.49. The van der Waals surface area contributed by atoms with Gasteiger partial charge in [0, 0.05) is 18.6 Å². The number of methoxy groups -OCH3 is 1. The van der Waals surface area contributed by atoms with Crippen molar-refractivity contribution in [3.8, 4) is 0 Å². The summed E-state index contributed by atoms with van der Waals surface area (Å²) in [5.74, 6) is 0.572. The predicted molar refractivity (Wildman–Crippen MR) is 63.7 cm³/mol. The van der Waals surface area contributed by atoms with E-state index in [2.05, 4.69) is 0 Å². The molecule has 0 amide bonds. The van der Waals surface area contributed by atoms with E-state index in [9.17, 15) is 9.90 Å². The van der Waals surface area contributed by atoms with Crippen molar-refractivity contribution in [3.63, 3.8) is 0 Å². The summed E-state index contributed by atoms with van der Waals surface area (Å²) in [6.45, 7) is 0.693. The number of carboxylic acid groups (broad SMARTS) is 1. The largest absolute Gasteiger partial charge is 0.481 e. The minimum Gasteiger partial charge on any atom is -0.481 e. The summed E-state index contributed by atoms with van der Waals surface area (Å²) in [7, 11) is 1.66. The number of carboxylic acids is 1. The lowest BCUT2D eigenvalue weighted by Gasteiger charge is -2.34. The Hall–Kier alpha value is -0.260. The van der Waals surface area contributed by atoms with Crippen LogP contribution < -0.4 is 0 Å². The van der Waals surface area contributed by atoms with Gasteiger partial charge >= 0.3 is 5.97 Å². The Morgan fingerprint density at radius 3 is 2.62 bits per heavy atom. The maximum Gasteiger partial charge on any atom is 0.306 e. The van der Waals surface area contributed by atoms with Crippen LogP contribution in [0.25, 0.3) is 0 Å². The number of carbonyl (C=O) groups is 1. The van der Waals surface area contributed by atoms with Crippen molar-refractivity contribution in [2.45, 2.75) is 31.3 Å². The van der Waals surface area contributed by atoms with Crippen LogP contribution in [0.4, 0.5) is 0 Å². The Bertz CT molecular complexity index is 224. The van der Waals surface area contributed by atoms with Gasteiger partial charge in [0.2, 0.25) is 0 Å². The van der Waals surface area contributed by atoms with E-state index in [0.717, 1.165) is 5.75 Å². The van der Waals surface area contributed by atoms with Crippen LogP contribution in [0.1, 0.15) is 25.7 Å². The molecule has 94 valence electrons. The van der Waals surface area contributed by atoms with E-state index in [1.807, 2.05) is 0 Å². The van der Waals surface area contributed by atoms with Gasteiger partial charge in [-0.05, 0) is 25.7 Å². The van der Waals surface area contributed by atoms with Gasteiger partial charge in [-0.15, -0.1) is 0 Å². The average Bonchev–Trinajstić information content (AvgIpc) is 2.25. The van der Waals surface area contributed by atoms with Gasteiger partial charge in [-0.3, -0.25) is 4.79 Å². The molecule has 1 fully saturated rings. The van der Waals surface area contributed by atoms with E-state index in [1.165, 1.54) is 0 Å². The maximum atomic E-state index is 10.8. The van der Waals surface area contributed by atoms with Crippen molar-refractivity contribution < 1.29 is 19.7 Å². The number of aliphatic hydroxyl groups is 1. The predicted octanol–water partition coefficient (Wildman–Crippen LogP) is 1.37. The van der Waals surface area contributed by atoms with Crippen LogP contribution in [0.15, 0.2) is 0 Å². The lowest BCUT2D eigenvalue weighted by molar-refractivity contribution is -0.144. The van der Waals surface area contributed by atoms with E-state index in [0.29, 0.717) is 38.0 Å². The highest BCUT2D eigenvalue weighted by Gasteiger charge is 2.35. The Morgan fingerprint density at radius 2 is 2.12 bits per heavy atom. The summed E-state index contributed by atoms with van der Waals surface area (Å²) in [4.78, 5) is 10.8. The topological polar surface area (TPSA) is 66.8 Å². The van der Waals surface area contributed by atoms with Gasteiger partial charge in [0.15, 0.2) is 0 Å². The Kier molecular flexibility index (Phi) is 5.58. The number of ether oxygens (including phenoxy) is 1. The molecule has 0 radical (unpaired) electrons. The number of hydrogen-bond acceptors (Lipinski definition) is 4. The highest BCUT2D eigenvalue weighted by Crippen LogP contribution is 2.34. The van der Waals surface area contributed by atoms with Crippen LogP contribution >= 0.6 is 11.8 Å². The number of aliphatic carboxylic acids is 1. The summed E-state index contributed by atoms with van der Waals surface area (Å²) in [6, 6.07) is 0. The fourth-order valence-corrected chi connectivity index (χ4v) is 3.05. The van der Waals surface area contributed by atoms with Crippen LogP contribution in [0.2, 0.25) is 0 Å². The lowest BCUT2D eigenvalue weighted by atomic mass is 9.80. The van der Waals surface area contributed by atoms with Gasteiger partial charge in [0.25, 0.3) is 0 Å². The van der Waals surface area contributed by atoms with E-state index in [-0.39, 0.29) is 5.92 Å². The summed E-state index contributed by atoms with van der Waals surface area (Å²) in [6.07, 6.45) is 2.39. The van der Waals surface area contributed by atoms with E-state index < -0.39 is 11.6 Å². The Labute approximate surface area is 100 Å². The van der Waals surface area contributed by atoms with Gasteiger partial charge < -0.3 is 14.9 Å². The average molecular weight is 248 g/mol.